The Balaban J connectivity index is 2.41. The number of anilines is 2. The summed E-state index contributed by atoms with van der Waals surface area (Å²) in [6.07, 6.45) is -5.08. The van der Waals surface area contributed by atoms with Crippen molar-refractivity contribution in [2.75, 3.05) is 16.8 Å². The lowest BCUT2D eigenvalue weighted by molar-refractivity contribution is -0.237. The molecule has 2 atom stereocenters. The molecule has 11 heteroatoms. The van der Waals surface area contributed by atoms with Crippen LogP contribution in [0.25, 0.3) is 0 Å². The monoisotopic (exact) mass is 652 g/mol. The summed E-state index contributed by atoms with van der Waals surface area (Å²) in [6.45, 7) is 0.775. The molecule has 186 valence electrons. The molecule has 0 bridgehead atoms. The molecule has 0 saturated carbocycles. The van der Waals surface area contributed by atoms with E-state index in [4.69, 9.17) is 23.2 Å². The molecule has 0 heterocycles. The Kier molecular flexibility index (Phi) is 8.18. The summed E-state index contributed by atoms with van der Waals surface area (Å²) in [4.78, 5) is 13.9. The zero-order chi connectivity index (χ0) is 26.2. The highest BCUT2D eigenvalue weighted by molar-refractivity contribution is 9.11. The molecular weight excluding hydrogens is 636 g/mol. The van der Waals surface area contributed by atoms with Crippen LogP contribution >= 0.6 is 55.1 Å². The number of hydrogen-bond donors (Lipinski definition) is 1. The Morgan fingerprint density at radius 3 is 1.69 bits per heavy atom. The van der Waals surface area contributed by atoms with Crippen LogP contribution in [0.15, 0.2) is 75.7 Å². The molecule has 1 N–H and O–H groups in total. The topological polar surface area (TPSA) is 43.8 Å². The van der Waals surface area contributed by atoms with E-state index in [1.165, 1.54) is 67.7 Å². The minimum Gasteiger partial charge on any atom is -0.365 e. The van der Waals surface area contributed by atoms with Gasteiger partial charge in [-0.15, -0.1) is 0 Å². The van der Waals surface area contributed by atoms with E-state index >= 15 is 13.2 Å². The summed E-state index contributed by atoms with van der Waals surface area (Å²) in [6, 6.07) is 15.6. The van der Waals surface area contributed by atoms with E-state index in [9.17, 15) is 9.90 Å². The first-order valence-corrected chi connectivity index (χ1v) is 12.3. The maximum atomic E-state index is 15.2. The van der Waals surface area contributed by atoms with Gasteiger partial charge in [0.05, 0.1) is 0 Å². The van der Waals surface area contributed by atoms with Gasteiger partial charge in [0.1, 0.15) is 0 Å². The number of hydrogen-bond acceptors (Lipinski definition) is 3. The largest absolute Gasteiger partial charge is 0.416 e. The highest BCUT2D eigenvalue weighted by atomic mass is 79.9. The third-order valence-electron chi connectivity index (χ3n) is 5.89. The van der Waals surface area contributed by atoms with E-state index in [1.54, 1.807) is 6.07 Å². The number of likely N-dealkylation sites (N-methyl/N-ethyl adjacent to an activating group) is 1. The van der Waals surface area contributed by atoms with Crippen molar-refractivity contribution in [2.24, 2.45) is 0 Å². The second kappa shape index (κ2) is 10.3. The van der Waals surface area contributed by atoms with E-state index in [0.717, 1.165) is 11.8 Å². The van der Waals surface area contributed by atoms with Crippen LogP contribution in [0.3, 0.4) is 0 Å². The first-order chi connectivity index (χ1) is 16.3. The maximum absolute atomic E-state index is 15.2. The molecule has 0 radical (unpaired) electrons. The standard InChI is InChI=1S/C24H19Br2Cl2F3N2O2/c1-22(24(29,30)31,33(14-34)21-9-5-19(28)6-10-21)23(35,15-11-16(25)13-17(26)12-15)32(2)20-7-3-18(27)4-8-20/h3-14,35H,1-2H3. The number of carbonyl (C=O) groups excluding carboxylic acids is 1. The highest BCUT2D eigenvalue weighted by Crippen LogP contribution is 2.52. The Hall–Kier alpha value is -1.78. The summed E-state index contributed by atoms with van der Waals surface area (Å²) in [7, 11) is 1.31. The fourth-order valence-electron chi connectivity index (χ4n) is 3.94. The molecule has 0 fully saturated rings. The van der Waals surface area contributed by atoms with Gasteiger partial charge in [-0.05, 0) is 73.7 Å². The van der Waals surface area contributed by atoms with Crippen LogP contribution < -0.4 is 9.80 Å². The Labute approximate surface area is 227 Å². The molecule has 2 unspecified atom stereocenters. The van der Waals surface area contributed by atoms with Gasteiger partial charge in [-0.3, -0.25) is 9.69 Å². The highest BCUT2D eigenvalue weighted by Gasteiger charge is 2.69. The molecular formula is C24H19Br2Cl2F3N2O2. The molecule has 0 aromatic heterocycles. The Bertz CT molecular complexity index is 1190. The quantitative estimate of drug-likeness (QED) is 0.209. The molecule has 3 rings (SSSR count). The Morgan fingerprint density at radius 2 is 1.29 bits per heavy atom. The number of rotatable bonds is 7. The van der Waals surface area contributed by atoms with Crippen molar-refractivity contribution in [3.63, 3.8) is 0 Å². The van der Waals surface area contributed by atoms with Gasteiger partial charge >= 0.3 is 6.18 Å². The molecule has 0 aliphatic heterocycles. The number of aliphatic hydroxyl groups is 1. The van der Waals surface area contributed by atoms with Crippen molar-refractivity contribution in [1.82, 2.24) is 0 Å². The van der Waals surface area contributed by atoms with Crippen LogP contribution in [0.2, 0.25) is 10.0 Å². The third kappa shape index (κ3) is 5.06. The minimum absolute atomic E-state index is 0.0461. The van der Waals surface area contributed by atoms with Gasteiger partial charge in [0.2, 0.25) is 6.41 Å². The molecule has 1 amide bonds. The van der Waals surface area contributed by atoms with Gasteiger partial charge in [-0.25, -0.2) is 0 Å². The van der Waals surface area contributed by atoms with Crippen LogP contribution in [0, 0.1) is 0 Å². The number of halogens is 7. The van der Waals surface area contributed by atoms with Crippen LogP contribution in [0.1, 0.15) is 12.5 Å². The van der Waals surface area contributed by atoms with E-state index in [1.807, 2.05) is 0 Å². The van der Waals surface area contributed by atoms with E-state index in [0.29, 0.717) is 18.9 Å². The molecule has 0 aliphatic carbocycles. The SMILES string of the molecule is CN(c1ccc(Cl)cc1)C(O)(c1cc(Br)cc(Br)c1)C(C)(N(C=O)c1ccc(Cl)cc1)C(F)(F)F. The number of carbonyl (C=O) groups is 1. The Morgan fingerprint density at radius 1 is 0.857 bits per heavy atom. The summed E-state index contributed by atoms with van der Waals surface area (Å²) in [5, 5.41) is 12.9. The number of alkyl halides is 3. The van der Waals surface area contributed by atoms with Crippen molar-refractivity contribution in [3.05, 3.63) is 91.3 Å². The smallest absolute Gasteiger partial charge is 0.365 e. The van der Waals surface area contributed by atoms with Gasteiger partial charge < -0.3 is 10.0 Å². The zero-order valence-corrected chi connectivity index (χ0v) is 23.0. The van der Waals surface area contributed by atoms with Crippen molar-refractivity contribution < 1.29 is 23.1 Å². The van der Waals surface area contributed by atoms with Crippen LogP contribution in [-0.2, 0) is 10.5 Å². The van der Waals surface area contributed by atoms with Crippen molar-refractivity contribution in [3.8, 4) is 0 Å². The zero-order valence-electron chi connectivity index (χ0n) is 18.3. The number of benzene rings is 3. The summed E-state index contributed by atoms with van der Waals surface area (Å²) >= 11 is 18.5. The fraction of sp³-hybridized carbons (Fsp3) is 0.208. The maximum Gasteiger partial charge on any atom is 0.416 e. The lowest BCUT2D eigenvalue weighted by Gasteiger charge is -2.54. The van der Waals surface area contributed by atoms with E-state index in [2.05, 4.69) is 31.9 Å². The number of amides is 1. The third-order valence-corrected chi connectivity index (χ3v) is 7.31. The molecule has 35 heavy (non-hydrogen) atoms. The number of nitrogens with zero attached hydrogens (tertiary/aromatic N) is 2. The van der Waals surface area contributed by atoms with Gasteiger partial charge in [-0.1, -0.05) is 55.1 Å². The average molecular weight is 655 g/mol. The predicted octanol–water partition coefficient (Wildman–Crippen LogP) is 7.78. The molecule has 3 aromatic rings. The molecule has 0 saturated heterocycles. The molecule has 4 nitrogen and oxygen atoms in total. The lowest BCUT2D eigenvalue weighted by atomic mass is 9.78. The predicted molar refractivity (Wildman–Crippen MR) is 140 cm³/mol. The first-order valence-electron chi connectivity index (χ1n) is 10.0. The fourth-order valence-corrected chi connectivity index (χ4v) is 5.48. The van der Waals surface area contributed by atoms with E-state index < -0.39 is 17.4 Å². The van der Waals surface area contributed by atoms with Crippen LogP contribution in [0.5, 0.6) is 0 Å². The van der Waals surface area contributed by atoms with Gasteiger partial charge in [0.15, 0.2) is 11.3 Å². The van der Waals surface area contributed by atoms with Gasteiger partial charge in [0.25, 0.3) is 0 Å². The second-order valence-corrected chi connectivity index (χ2v) is 10.6. The van der Waals surface area contributed by atoms with E-state index in [-0.39, 0.29) is 28.4 Å². The minimum atomic E-state index is -5.13. The van der Waals surface area contributed by atoms with Crippen molar-refractivity contribution >= 4 is 72.8 Å². The summed E-state index contributed by atoms with van der Waals surface area (Å²) < 4.78 is 46.3. The molecule has 0 spiro atoms. The summed E-state index contributed by atoms with van der Waals surface area (Å²) in [5.74, 6) is 0. The van der Waals surface area contributed by atoms with Crippen LogP contribution in [-0.4, -0.2) is 30.3 Å². The lowest BCUT2D eigenvalue weighted by Crippen LogP contribution is -2.73. The molecule has 0 aliphatic rings. The van der Waals surface area contributed by atoms with Crippen LogP contribution in [0.4, 0.5) is 24.5 Å². The van der Waals surface area contributed by atoms with Crippen molar-refractivity contribution in [1.29, 1.82) is 0 Å². The second-order valence-electron chi connectivity index (χ2n) is 7.89. The average Bonchev–Trinajstić information content (AvgIpc) is 2.78. The van der Waals surface area contributed by atoms with Gasteiger partial charge in [0, 0.05) is 43.0 Å². The van der Waals surface area contributed by atoms with Gasteiger partial charge in [-0.2, -0.15) is 13.2 Å². The first kappa shape index (κ1) is 27.8. The summed E-state index contributed by atoms with van der Waals surface area (Å²) in [5.41, 5.74) is -6.06. The van der Waals surface area contributed by atoms with Crippen molar-refractivity contribution in [2.45, 2.75) is 24.4 Å². The normalized spacial score (nSPS) is 15.1. The molecule has 3 aromatic carbocycles.